The van der Waals surface area contributed by atoms with Crippen molar-refractivity contribution in [1.82, 2.24) is 4.90 Å². The second-order valence-corrected chi connectivity index (χ2v) is 7.89. The molecule has 0 aliphatic heterocycles. The summed E-state index contributed by atoms with van der Waals surface area (Å²) >= 11 is 0. The molecule has 0 saturated heterocycles. The van der Waals surface area contributed by atoms with Crippen LogP contribution in [0.2, 0.25) is 0 Å². The number of hydrogen-bond acceptors (Lipinski definition) is 4. The topological polar surface area (TPSA) is 59.0 Å². The van der Waals surface area contributed by atoms with Gasteiger partial charge in [0.15, 0.2) is 0 Å². The molecular formula is C17H29NO4P+. The third kappa shape index (κ3) is 8.89. The van der Waals surface area contributed by atoms with Crippen molar-refractivity contribution in [1.29, 1.82) is 0 Å². The molecule has 1 aromatic rings. The van der Waals surface area contributed by atoms with Crippen LogP contribution < -0.4 is 0 Å². The number of hydrogen-bond donors (Lipinski definition) is 1. The highest BCUT2D eigenvalue weighted by Gasteiger charge is 2.23. The highest BCUT2D eigenvalue weighted by Crippen LogP contribution is 2.31. The van der Waals surface area contributed by atoms with Crippen molar-refractivity contribution < 1.29 is 18.9 Å². The minimum Gasteiger partial charge on any atom is -0.444 e. The molecule has 130 valence electrons. The Balaban J connectivity index is 2.62. The van der Waals surface area contributed by atoms with Crippen molar-refractivity contribution in [3.63, 3.8) is 0 Å². The maximum Gasteiger partial charge on any atom is 0.410 e. The van der Waals surface area contributed by atoms with Gasteiger partial charge >= 0.3 is 6.09 Å². The van der Waals surface area contributed by atoms with E-state index >= 15 is 0 Å². The molecule has 1 unspecified atom stereocenters. The molecule has 1 atom stereocenters. The first-order chi connectivity index (χ1) is 10.8. The number of benzene rings is 1. The highest BCUT2D eigenvalue weighted by molar-refractivity contribution is 7.46. The number of carbonyl (C=O) groups excluding carboxylic acids is 1. The zero-order valence-electron chi connectivity index (χ0n) is 14.5. The Kier molecular flexibility index (Phi) is 8.53. The SMILES string of the molecule is CCO[PH+](O)CCCN(Cc1ccccc1)C(=O)OC(C)(C)C. The van der Waals surface area contributed by atoms with Crippen LogP contribution in [0.3, 0.4) is 0 Å². The third-order valence-corrected chi connectivity index (χ3v) is 4.40. The van der Waals surface area contributed by atoms with Crippen LogP contribution in [-0.4, -0.2) is 40.8 Å². The molecule has 0 saturated carbocycles. The van der Waals surface area contributed by atoms with Crippen LogP contribution in [0.5, 0.6) is 0 Å². The molecule has 0 heterocycles. The summed E-state index contributed by atoms with van der Waals surface area (Å²) in [6.45, 7) is 8.98. The van der Waals surface area contributed by atoms with Crippen molar-refractivity contribution in [2.75, 3.05) is 19.3 Å². The average Bonchev–Trinajstić information content (AvgIpc) is 2.46. The third-order valence-electron chi connectivity index (χ3n) is 3.00. The van der Waals surface area contributed by atoms with Crippen LogP contribution >= 0.6 is 8.38 Å². The molecule has 1 amide bonds. The second kappa shape index (κ2) is 9.86. The quantitative estimate of drug-likeness (QED) is 0.728. The van der Waals surface area contributed by atoms with Gasteiger partial charge in [-0.3, -0.25) is 0 Å². The summed E-state index contributed by atoms with van der Waals surface area (Å²) in [4.78, 5) is 23.8. The molecule has 0 radical (unpaired) electrons. The van der Waals surface area contributed by atoms with E-state index in [0.717, 1.165) is 5.56 Å². The first-order valence-corrected chi connectivity index (χ1v) is 9.57. The van der Waals surface area contributed by atoms with Crippen molar-refractivity contribution in [2.24, 2.45) is 0 Å². The zero-order chi connectivity index (χ0) is 17.3. The highest BCUT2D eigenvalue weighted by atomic mass is 31.2. The summed E-state index contributed by atoms with van der Waals surface area (Å²) in [5, 5.41) is 0. The molecule has 6 heteroatoms. The van der Waals surface area contributed by atoms with Gasteiger partial charge in [-0.1, -0.05) is 30.3 Å². The largest absolute Gasteiger partial charge is 0.444 e. The maximum absolute atomic E-state index is 12.4. The smallest absolute Gasteiger partial charge is 0.410 e. The summed E-state index contributed by atoms with van der Waals surface area (Å²) in [5.41, 5.74) is 0.529. The Hall–Kier alpha value is -1.16. The van der Waals surface area contributed by atoms with Crippen LogP contribution in [0, 0.1) is 0 Å². The van der Waals surface area contributed by atoms with Crippen molar-refractivity contribution >= 4 is 14.5 Å². The van der Waals surface area contributed by atoms with Gasteiger partial charge in [-0.2, -0.15) is 0 Å². The number of carbonyl (C=O) groups is 1. The minimum absolute atomic E-state index is 0.329. The fourth-order valence-electron chi connectivity index (χ4n) is 2.03. The monoisotopic (exact) mass is 342 g/mol. The number of ether oxygens (including phenoxy) is 1. The predicted molar refractivity (Wildman–Crippen MR) is 94.7 cm³/mol. The fraction of sp³-hybridized carbons (Fsp3) is 0.588. The summed E-state index contributed by atoms with van der Waals surface area (Å²) in [6.07, 6.45) is 0.952. The normalized spacial score (nSPS) is 12.7. The van der Waals surface area contributed by atoms with E-state index in [-0.39, 0.29) is 6.09 Å². The lowest BCUT2D eigenvalue weighted by Crippen LogP contribution is -2.37. The molecule has 0 fully saturated rings. The number of nitrogens with zero attached hydrogens (tertiary/aromatic N) is 1. The molecule has 1 N–H and O–H groups in total. The first kappa shape index (κ1) is 19.9. The van der Waals surface area contributed by atoms with Gasteiger partial charge < -0.3 is 9.64 Å². The van der Waals surface area contributed by atoms with E-state index in [9.17, 15) is 9.69 Å². The Morgan fingerprint density at radius 1 is 1.26 bits per heavy atom. The van der Waals surface area contributed by atoms with Crippen LogP contribution in [-0.2, 0) is 15.8 Å². The van der Waals surface area contributed by atoms with Gasteiger partial charge in [0.05, 0.1) is 6.61 Å². The second-order valence-electron chi connectivity index (χ2n) is 6.32. The summed E-state index contributed by atoms with van der Waals surface area (Å²) in [7, 11) is -1.75. The molecular weight excluding hydrogens is 313 g/mol. The van der Waals surface area contributed by atoms with Gasteiger partial charge in [0, 0.05) is 19.5 Å². The van der Waals surface area contributed by atoms with E-state index in [1.54, 1.807) is 4.90 Å². The van der Waals surface area contributed by atoms with E-state index < -0.39 is 14.0 Å². The Morgan fingerprint density at radius 3 is 2.48 bits per heavy atom. The van der Waals surface area contributed by atoms with Crippen LogP contribution in [0.1, 0.15) is 39.7 Å². The lowest BCUT2D eigenvalue weighted by Gasteiger charge is -2.27. The molecule has 5 nitrogen and oxygen atoms in total. The lowest BCUT2D eigenvalue weighted by atomic mass is 10.2. The summed E-state index contributed by atoms with van der Waals surface area (Å²) < 4.78 is 10.7. The van der Waals surface area contributed by atoms with E-state index in [4.69, 9.17) is 9.26 Å². The van der Waals surface area contributed by atoms with E-state index in [1.165, 1.54) is 0 Å². The van der Waals surface area contributed by atoms with Gasteiger partial charge in [-0.15, -0.1) is 0 Å². The Morgan fingerprint density at radius 2 is 1.91 bits per heavy atom. The molecule has 0 aliphatic rings. The van der Waals surface area contributed by atoms with Gasteiger partial charge in [0.1, 0.15) is 11.8 Å². The van der Waals surface area contributed by atoms with Crippen LogP contribution in [0.4, 0.5) is 4.79 Å². The molecule has 0 aliphatic carbocycles. The Bertz CT molecular complexity index is 461. The van der Waals surface area contributed by atoms with Gasteiger partial charge in [-0.25, -0.2) is 14.2 Å². The average molecular weight is 342 g/mol. The maximum atomic E-state index is 12.4. The van der Waals surface area contributed by atoms with E-state index in [2.05, 4.69) is 0 Å². The molecule has 0 bridgehead atoms. The van der Waals surface area contributed by atoms with Gasteiger partial charge in [0.25, 0.3) is 8.38 Å². The van der Waals surface area contributed by atoms with Crippen molar-refractivity contribution in [3.05, 3.63) is 35.9 Å². The number of amides is 1. The van der Waals surface area contributed by atoms with E-state index in [1.807, 2.05) is 58.0 Å². The fourth-order valence-corrected chi connectivity index (χ4v) is 2.96. The standard InChI is InChI=1S/C17H28NO4P/c1-5-21-23(20)13-9-12-18(16(19)22-17(2,3)4)14-15-10-7-6-8-11-15/h6-8,10-11,20H,5,9,12-14H2,1-4H3/p+1. The molecule has 1 aromatic carbocycles. The molecule has 0 spiro atoms. The van der Waals surface area contributed by atoms with Crippen LogP contribution in [0.25, 0.3) is 0 Å². The lowest BCUT2D eigenvalue weighted by molar-refractivity contribution is 0.0233. The first-order valence-electron chi connectivity index (χ1n) is 8.01. The van der Waals surface area contributed by atoms with Crippen LogP contribution in [0.15, 0.2) is 30.3 Å². The predicted octanol–water partition coefficient (Wildman–Crippen LogP) is 3.89. The zero-order valence-corrected chi connectivity index (χ0v) is 15.5. The molecule has 1 rings (SSSR count). The van der Waals surface area contributed by atoms with E-state index in [0.29, 0.717) is 32.3 Å². The van der Waals surface area contributed by atoms with Gasteiger partial charge in [-0.05, 0) is 33.3 Å². The Labute approximate surface area is 140 Å². The van der Waals surface area contributed by atoms with Crippen molar-refractivity contribution in [3.8, 4) is 0 Å². The number of rotatable bonds is 8. The van der Waals surface area contributed by atoms with Crippen molar-refractivity contribution in [2.45, 2.75) is 46.3 Å². The molecule has 0 aromatic heterocycles. The molecule has 23 heavy (non-hydrogen) atoms. The minimum atomic E-state index is -1.75. The summed E-state index contributed by atoms with van der Waals surface area (Å²) in [5.74, 6) is 0. The summed E-state index contributed by atoms with van der Waals surface area (Å²) in [6, 6.07) is 9.82. The van der Waals surface area contributed by atoms with Gasteiger partial charge in [0.2, 0.25) is 0 Å².